The fourth-order valence-electron chi connectivity index (χ4n) is 3.19. The van der Waals surface area contributed by atoms with Gasteiger partial charge in [-0.2, -0.15) is 0 Å². The molecule has 6 heteroatoms. The molecule has 0 spiro atoms. The largest absolute Gasteiger partial charge is 0.381 e. The normalized spacial score (nSPS) is 31.1. The van der Waals surface area contributed by atoms with Crippen LogP contribution in [0.15, 0.2) is 0 Å². The number of hydrogen-bond acceptors (Lipinski definition) is 4. The van der Waals surface area contributed by atoms with Crippen LogP contribution in [0.4, 0.5) is 0 Å². The molecule has 2 fully saturated rings. The van der Waals surface area contributed by atoms with E-state index in [0.29, 0.717) is 32.7 Å². The lowest BCUT2D eigenvalue weighted by Gasteiger charge is -2.38. The lowest BCUT2D eigenvalue weighted by atomic mass is 9.82. The van der Waals surface area contributed by atoms with Crippen molar-refractivity contribution in [3.05, 3.63) is 0 Å². The lowest BCUT2D eigenvalue weighted by Crippen LogP contribution is -2.40. The Morgan fingerprint density at radius 1 is 1.20 bits per heavy atom. The molecule has 1 saturated carbocycles. The van der Waals surface area contributed by atoms with Crippen LogP contribution in [-0.4, -0.2) is 40.1 Å². The van der Waals surface area contributed by atoms with Gasteiger partial charge in [-0.05, 0) is 44.4 Å². The van der Waals surface area contributed by atoms with Gasteiger partial charge in [0.05, 0.1) is 18.5 Å². The molecule has 1 saturated heterocycles. The molecular formula is C14H25ClO4S. The molecular weight excluding hydrogens is 300 g/mol. The van der Waals surface area contributed by atoms with Crippen molar-refractivity contribution in [2.75, 3.05) is 25.6 Å². The molecule has 0 unspecified atom stereocenters. The van der Waals surface area contributed by atoms with Crippen LogP contribution in [-0.2, 0) is 18.5 Å². The van der Waals surface area contributed by atoms with E-state index in [0.717, 1.165) is 18.8 Å². The maximum absolute atomic E-state index is 11.5. The van der Waals surface area contributed by atoms with Gasteiger partial charge < -0.3 is 9.47 Å². The SMILES string of the molecule is CC1CCC(OCC2(CS(=O)(=O)Cl)CCOCC2)CC1. The Hall–Kier alpha value is 0.160. The first kappa shape index (κ1) is 16.5. The third kappa shape index (κ3) is 5.17. The zero-order valence-electron chi connectivity index (χ0n) is 12.1. The third-order valence-electron chi connectivity index (χ3n) is 4.62. The van der Waals surface area contributed by atoms with Crippen LogP contribution in [0.2, 0.25) is 0 Å². The van der Waals surface area contributed by atoms with E-state index in [1.807, 2.05) is 0 Å². The highest BCUT2D eigenvalue weighted by Crippen LogP contribution is 2.35. The summed E-state index contributed by atoms with van der Waals surface area (Å²) in [5, 5.41) is 0. The van der Waals surface area contributed by atoms with E-state index in [9.17, 15) is 8.42 Å². The van der Waals surface area contributed by atoms with Crippen molar-refractivity contribution in [3.63, 3.8) is 0 Å². The molecule has 2 rings (SSSR count). The van der Waals surface area contributed by atoms with E-state index < -0.39 is 9.05 Å². The quantitative estimate of drug-likeness (QED) is 0.730. The van der Waals surface area contributed by atoms with Crippen LogP contribution in [0.1, 0.15) is 45.4 Å². The molecule has 2 aliphatic rings. The van der Waals surface area contributed by atoms with Crippen molar-refractivity contribution in [1.29, 1.82) is 0 Å². The predicted octanol–water partition coefficient (Wildman–Crippen LogP) is 2.95. The summed E-state index contributed by atoms with van der Waals surface area (Å²) in [5.41, 5.74) is -0.359. The second-order valence-corrected chi connectivity index (χ2v) is 9.27. The Morgan fingerprint density at radius 2 is 1.80 bits per heavy atom. The monoisotopic (exact) mass is 324 g/mol. The molecule has 0 aromatic heterocycles. The maximum atomic E-state index is 11.5. The molecule has 0 atom stereocenters. The Morgan fingerprint density at radius 3 is 2.35 bits per heavy atom. The van der Waals surface area contributed by atoms with Gasteiger partial charge in [-0.25, -0.2) is 8.42 Å². The summed E-state index contributed by atoms with van der Waals surface area (Å²) < 4.78 is 34.3. The summed E-state index contributed by atoms with van der Waals surface area (Å²) in [6, 6.07) is 0. The van der Waals surface area contributed by atoms with E-state index in [1.165, 1.54) is 12.8 Å². The first-order chi connectivity index (χ1) is 9.39. The summed E-state index contributed by atoms with van der Waals surface area (Å²) in [7, 11) is 1.97. The highest BCUT2D eigenvalue weighted by atomic mass is 35.7. The van der Waals surface area contributed by atoms with Gasteiger partial charge in [0, 0.05) is 29.3 Å². The molecule has 0 amide bonds. The van der Waals surface area contributed by atoms with E-state index in [4.69, 9.17) is 20.2 Å². The number of halogens is 1. The molecule has 4 nitrogen and oxygen atoms in total. The second kappa shape index (κ2) is 6.95. The van der Waals surface area contributed by atoms with E-state index in [-0.39, 0.29) is 17.3 Å². The Balaban J connectivity index is 1.90. The van der Waals surface area contributed by atoms with Gasteiger partial charge in [0.25, 0.3) is 0 Å². The molecule has 1 aliphatic carbocycles. The topological polar surface area (TPSA) is 52.6 Å². The van der Waals surface area contributed by atoms with Crippen LogP contribution in [0, 0.1) is 11.3 Å². The van der Waals surface area contributed by atoms with E-state index in [1.54, 1.807) is 0 Å². The number of ether oxygens (including phenoxy) is 2. The fourth-order valence-corrected chi connectivity index (χ4v) is 4.99. The van der Waals surface area contributed by atoms with Crippen LogP contribution >= 0.6 is 10.7 Å². The molecule has 20 heavy (non-hydrogen) atoms. The van der Waals surface area contributed by atoms with Crippen LogP contribution in [0.25, 0.3) is 0 Å². The van der Waals surface area contributed by atoms with E-state index >= 15 is 0 Å². The lowest BCUT2D eigenvalue weighted by molar-refractivity contribution is -0.0638. The number of hydrogen-bond donors (Lipinski definition) is 0. The van der Waals surface area contributed by atoms with E-state index in [2.05, 4.69) is 6.92 Å². The summed E-state index contributed by atoms with van der Waals surface area (Å²) >= 11 is 0. The van der Waals surface area contributed by atoms with Crippen LogP contribution in [0.5, 0.6) is 0 Å². The molecule has 1 aliphatic heterocycles. The maximum Gasteiger partial charge on any atom is 0.233 e. The minimum Gasteiger partial charge on any atom is -0.381 e. The van der Waals surface area contributed by atoms with Gasteiger partial charge >= 0.3 is 0 Å². The summed E-state index contributed by atoms with van der Waals surface area (Å²) in [6.07, 6.45) is 6.28. The highest BCUT2D eigenvalue weighted by molar-refractivity contribution is 8.13. The van der Waals surface area contributed by atoms with Gasteiger partial charge in [-0.15, -0.1) is 0 Å². The van der Waals surface area contributed by atoms with Crippen molar-refractivity contribution >= 4 is 19.7 Å². The molecule has 0 radical (unpaired) electrons. The first-order valence-corrected chi connectivity index (χ1v) is 9.98. The van der Waals surface area contributed by atoms with Gasteiger partial charge in [0.15, 0.2) is 0 Å². The molecule has 118 valence electrons. The van der Waals surface area contributed by atoms with Gasteiger partial charge in [-0.3, -0.25) is 0 Å². The zero-order valence-corrected chi connectivity index (χ0v) is 13.7. The molecule has 0 N–H and O–H groups in total. The van der Waals surface area contributed by atoms with Gasteiger partial charge in [-0.1, -0.05) is 6.92 Å². The Bertz CT molecular complexity index is 395. The van der Waals surface area contributed by atoms with Gasteiger partial charge in [0.1, 0.15) is 0 Å². The average Bonchev–Trinajstić information content (AvgIpc) is 2.37. The van der Waals surface area contributed by atoms with Gasteiger partial charge in [0.2, 0.25) is 9.05 Å². The second-order valence-electron chi connectivity index (χ2n) is 6.49. The smallest absolute Gasteiger partial charge is 0.233 e. The number of rotatable bonds is 5. The molecule has 0 aromatic rings. The third-order valence-corrected chi connectivity index (χ3v) is 5.90. The minimum atomic E-state index is -3.51. The minimum absolute atomic E-state index is 0.00591. The predicted molar refractivity (Wildman–Crippen MR) is 79.5 cm³/mol. The highest BCUT2D eigenvalue weighted by Gasteiger charge is 2.38. The molecule has 1 heterocycles. The average molecular weight is 325 g/mol. The zero-order chi connectivity index (χ0) is 14.6. The first-order valence-electron chi connectivity index (χ1n) is 7.50. The summed E-state index contributed by atoms with van der Waals surface area (Å²) in [6.45, 7) is 3.95. The Labute approximate surface area is 126 Å². The molecule has 0 aromatic carbocycles. The standard InChI is InChI=1S/C14H25ClO4S/c1-12-2-4-13(5-3-12)19-10-14(11-20(15,16)17)6-8-18-9-7-14/h12-13H,2-11H2,1H3. The Kier molecular flexibility index (Phi) is 5.74. The van der Waals surface area contributed by atoms with Crippen LogP contribution < -0.4 is 0 Å². The molecule has 0 bridgehead atoms. The van der Waals surface area contributed by atoms with Crippen molar-refractivity contribution in [2.24, 2.45) is 11.3 Å². The van der Waals surface area contributed by atoms with Crippen molar-refractivity contribution in [2.45, 2.75) is 51.6 Å². The van der Waals surface area contributed by atoms with Crippen LogP contribution in [0.3, 0.4) is 0 Å². The fraction of sp³-hybridized carbons (Fsp3) is 1.00. The summed E-state index contributed by atoms with van der Waals surface area (Å²) in [4.78, 5) is 0. The van der Waals surface area contributed by atoms with Crippen molar-refractivity contribution in [1.82, 2.24) is 0 Å². The van der Waals surface area contributed by atoms with Crippen molar-refractivity contribution < 1.29 is 17.9 Å². The summed E-state index contributed by atoms with van der Waals surface area (Å²) in [5.74, 6) is 0.781. The van der Waals surface area contributed by atoms with Crippen molar-refractivity contribution in [3.8, 4) is 0 Å².